The number of halogens is 3. The molecule has 2 heterocycles. The van der Waals surface area contributed by atoms with E-state index in [2.05, 4.69) is 9.97 Å². The van der Waals surface area contributed by atoms with Crippen molar-refractivity contribution in [1.82, 2.24) is 15.0 Å². The summed E-state index contributed by atoms with van der Waals surface area (Å²) in [7, 11) is 0. The first-order valence-corrected chi connectivity index (χ1v) is 4.56. The third-order valence-electron chi connectivity index (χ3n) is 2.03. The summed E-state index contributed by atoms with van der Waals surface area (Å²) in [5, 5.41) is 0. The quantitative estimate of drug-likeness (QED) is 0.828. The van der Waals surface area contributed by atoms with Crippen LogP contribution in [-0.4, -0.2) is 15.0 Å². The molecule has 0 aliphatic carbocycles. The number of aromatic nitrogens is 3. The second-order valence-corrected chi connectivity index (χ2v) is 3.20. The van der Waals surface area contributed by atoms with Crippen molar-refractivity contribution in [2.24, 2.45) is 0 Å². The fourth-order valence-corrected chi connectivity index (χ4v) is 1.27. The lowest BCUT2D eigenvalue weighted by molar-refractivity contribution is -0.138. The lowest BCUT2D eigenvalue weighted by atomic mass is 10.2. The zero-order valence-electron chi connectivity index (χ0n) is 8.32. The van der Waals surface area contributed by atoms with Gasteiger partial charge in [0.15, 0.2) is 5.82 Å². The minimum atomic E-state index is -4.70. The molecule has 0 aliphatic rings. The first-order chi connectivity index (χ1) is 7.98. The van der Waals surface area contributed by atoms with Crippen LogP contribution in [0.2, 0.25) is 0 Å². The smallest absolute Gasteiger partial charge is 0.328 e. The Labute approximate surface area is 93.2 Å². The number of H-pyrrole nitrogens is 1. The lowest BCUT2D eigenvalue weighted by Crippen LogP contribution is -2.21. The molecule has 0 saturated heterocycles. The molecule has 2 aromatic rings. The van der Waals surface area contributed by atoms with Crippen LogP contribution in [0, 0.1) is 0 Å². The molecule has 0 radical (unpaired) electrons. The van der Waals surface area contributed by atoms with Gasteiger partial charge in [-0.3, -0.25) is 4.79 Å². The van der Waals surface area contributed by atoms with E-state index in [-0.39, 0.29) is 11.4 Å². The molecule has 7 heteroatoms. The van der Waals surface area contributed by atoms with Crippen LogP contribution in [0.15, 0.2) is 35.5 Å². The fraction of sp³-hybridized carbons (Fsp3) is 0.100. The number of hydrogen-bond acceptors (Lipinski definition) is 3. The monoisotopic (exact) mass is 241 g/mol. The van der Waals surface area contributed by atoms with Crippen LogP contribution in [0.1, 0.15) is 5.56 Å². The Hall–Kier alpha value is -2.18. The van der Waals surface area contributed by atoms with Crippen molar-refractivity contribution >= 4 is 0 Å². The maximum atomic E-state index is 12.5. The molecular weight excluding hydrogens is 235 g/mol. The summed E-state index contributed by atoms with van der Waals surface area (Å²) in [5.74, 6) is 0.120. The highest BCUT2D eigenvalue weighted by atomic mass is 19.4. The normalized spacial score (nSPS) is 11.5. The van der Waals surface area contributed by atoms with Crippen molar-refractivity contribution in [3.05, 3.63) is 46.6 Å². The van der Waals surface area contributed by atoms with Crippen LogP contribution in [-0.2, 0) is 6.18 Å². The predicted molar refractivity (Wildman–Crippen MR) is 53.1 cm³/mol. The second kappa shape index (κ2) is 4.00. The van der Waals surface area contributed by atoms with Crippen molar-refractivity contribution in [3.8, 4) is 11.4 Å². The molecule has 0 aliphatic heterocycles. The Morgan fingerprint density at radius 1 is 1.18 bits per heavy atom. The summed E-state index contributed by atoms with van der Waals surface area (Å²) in [4.78, 5) is 20.7. The van der Waals surface area contributed by atoms with E-state index < -0.39 is 17.3 Å². The van der Waals surface area contributed by atoms with Crippen molar-refractivity contribution < 1.29 is 13.2 Å². The topological polar surface area (TPSA) is 58.6 Å². The van der Waals surface area contributed by atoms with Crippen LogP contribution in [0.4, 0.5) is 13.2 Å². The summed E-state index contributed by atoms with van der Waals surface area (Å²) in [6.45, 7) is 0. The van der Waals surface area contributed by atoms with Gasteiger partial charge in [0, 0.05) is 24.2 Å². The Balaban J connectivity index is 2.57. The van der Waals surface area contributed by atoms with Gasteiger partial charge < -0.3 is 4.98 Å². The van der Waals surface area contributed by atoms with Gasteiger partial charge in [-0.25, -0.2) is 9.97 Å². The molecule has 0 fully saturated rings. The summed E-state index contributed by atoms with van der Waals surface area (Å²) >= 11 is 0. The number of nitrogens with one attached hydrogen (secondary N) is 1. The molecule has 0 aromatic carbocycles. The summed E-state index contributed by atoms with van der Waals surface area (Å²) in [6, 6.07) is 2.27. The number of pyridine rings is 1. The predicted octanol–water partition coefficient (Wildman–Crippen LogP) is 1.85. The van der Waals surface area contributed by atoms with Crippen molar-refractivity contribution in [1.29, 1.82) is 0 Å². The fourth-order valence-electron chi connectivity index (χ4n) is 1.27. The second-order valence-electron chi connectivity index (χ2n) is 3.20. The highest BCUT2D eigenvalue weighted by molar-refractivity contribution is 5.54. The molecule has 0 atom stereocenters. The standard InChI is InChI=1S/C10H6F3N3O/c11-10(12,13)7-4-6(5-16-9(7)17)8-14-2-1-3-15-8/h1-5H,(H,16,17). The van der Waals surface area contributed by atoms with Gasteiger partial charge in [0.05, 0.1) is 0 Å². The lowest BCUT2D eigenvalue weighted by Gasteiger charge is -2.06. The molecular formula is C10H6F3N3O. The van der Waals surface area contributed by atoms with Crippen LogP contribution in [0.5, 0.6) is 0 Å². The molecule has 0 amide bonds. The molecule has 2 rings (SSSR count). The minimum Gasteiger partial charge on any atom is -0.328 e. The van der Waals surface area contributed by atoms with Crippen molar-refractivity contribution in [2.75, 3.05) is 0 Å². The van der Waals surface area contributed by atoms with E-state index >= 15 is 0 Å². The summed E-state index contributed by atoms with van der Waals surface area (Å²) < 4.78 is 37.5. The minimum absolute atomic E-state index is 0.109. The van der Waals surface area contributed by atoms with Crippen LogP contribution in [0.25, 0.3) is 11.4 Å². The molecule has 0 spiro atoms. The molecule has 88 valence electrons. The highest BCUT2D eigenvalue weighted by Gasteiger charge is 2.34. The molecule has 0 bridgehead atoms. The van der Waals surface area contributed by atoms with Gasteiger partial charge in [0.1, 0.15) is 5.56 Å². The van der Waals surface area contributed by atoms with Gasteiger partial charge >= 0.3 is 6.18 Å². The SMILES string of the molecule is O=c1[nH]cc(-c2ncccn2)cc1C(F)(F)F. The van der Waals surface area contributed by atoms with Crippen LogP contribution < -0.4 is 5.56 Å². The third kappa shape index (κ3) is 2.32. The maximum absolute atomic E-state index is 12.5. The molecule has 0 saturated carbocycles. The zero-order chi connectivity index (χ0) is 12.5. The van der Waals surface area contributed by atoms with E-state index in [0.29, 0.717) is 0 Å². The van der Waals surface area contributed by atoms with Crippen molar-refractivity contribution in [2.45, 2.75) is 6.18 Å². The summed E-state index contributed by atoms with van der Waals surface area (Å²) in [5.41, 5.74) is -2.34. The van der Waals surface area contributed by atoms with E-state index in [1.54, 1.807) is 6.07 Å². The average molecular weight is 241 g/mol. The van der Waals surface area contributed by atoms with Gasteiger partial charge in [-0.05, 0) is 12.1 Å². The van der Waals surface area contributed by atoms with Gasteiger partial charge in [0.25, 0.3) is 5.56 Å². The largest absolute Gasteiger partial charge is 0.421 e. The Kier molecular flexibility index (Phi) is 2.66. The van der Waals surface area contributed by atoms with Crippen LogP contribution >= 0.6 is 0 Å². The summed E-state index contributed by atoms with van der Waals surface area (Å²) in [6.07, 6.45) is -0.743. The third-order valence-corrected chi connectivity index (χ3v) is 2.03. The van der Waals surface area contributed by atoms with Gasteiger partial charge in [0.2, 0.25) is 0 Å². The van der Waals surface area contributed by atoms with E-state index in [0.717, 1.165) is 12.3 Å². The van der Waals surface area contributed by atoms with E-state index in [1.165, 1.54) is 12.4 Å². The Morgan fingerprint density at radius 3 is 2.41 bits per heavy atom. The van der Waals surface area contributed by atoms with Gasteiger partial charge in [-0.1, -0.05) is 0 Å². The maximum Gasteiger partial charge on any atom is 0.421 e. The molecule has 0 unspecified atom stereocenters. The molecule has 17 heavy (non-hydrogen) atoms. The molecule has 2 aromatic heterocycles. The van der Waals surface area contributed by atoms with E-state index in [1.807, 2.05) is 4.98 Å². The highest BCUT2D eigenvalue weighted by Crippen LogP contribution is 2.28. The number of aromatic amines is 1. The number of alkyl halides is 3. The van der Waals surface area contributed by atoms with Crippen LogP contribution in [0.3, 0.4) is 0 Å². The van der Waals surface area contributed by atoms with E-state index in [9.17, 15) is 18.0 Å². The van der Waals surface area contributed by atoms with E-state index in [4.69, 9.17) is 0 Å². The molecule has 4 nitrogen and oxygen atoms in total. The average Bonchev–Trinajstić information content (AvgIpc) is 2.29. The molecule has 1 N–H and O–H groups in total. The number of nitrogens with zero attached hydrogens (tertiary/aromatic N) is 2. The number of hydrogen-bond donors (Lipinski definition) is 1. The first-order valence-electron chi connectivity index (χ1n) is 4.56. The number of rotatable bonds is 1. The van der Waals surface area contributed by atoms with Gasteiger partial charge in [-0.2, -0.15) is 13.2 Å². The Bertz CT molecular complexity index is 577. The zero-order valence-corrected chi connectivity index (χ0v) is 8.32. The first kappa shape index (κ1) is 11.3. The Morgan fingerprint density at radius 2 is 1.82 bits per heavy atom. The van der Waals surface area contributed by atoms with Crippen molar-refractivity contribution in [3.63, 3.8) is 0 Å². The van der Waals surface area contributed by atoms with Gasteiger partial charge in [-0.15, -0.1) is 0 Å².